The summed E-state index contributed by atoms with van der Waals surface area (Å²) in [5.41, 5.74) is 13.1. The number of para-hydroxylation sites is 3. The smallest absolute Gasteiger partial charge is 0.167 e. The molecule has 1 aliphatic heterocycles. The van der Waals surface area contributed by atoms with E-state index in [4.69, 9.17) is 19.4 Å². The molecule has 0 radical (unpaired) electrons. The van der Waals surface area contributed by atoms with Gasteiger partial charge in [-0.25, -0.2) is 15.0 Å². The number of nitrogens with zero attached hydrogens (tertiary/aromatic N) is 4. The molecule has 0 fully saturated rings. The minimum absolute atomic E-state index is 0.373. The van der Waals surface area contributed by atoms with Crippen LogP contribution in [0.5, 0.6) is 0 Å². The van der Waals surface area contributed by atoms with Crippen LogP contribution in [0.2, 0.25) is 0 Å². The third kappa shape index (κ3) is 5.14. The fraction of sp³-hybridized carbons (Fsp3) is 0.0392. The standard InChI is InChI=1S/C51H32N4OS/c1-3-13-31(14-4-1)49-52-50(32-15-5-2-6-16-32)54-51(53-49)40-21-11-19-38-37-27-25-34(30-45(37)56-47(38)40)33-26-28-46-41(29-33)39-20-12-24-44(48(39)57-46)55-42-22-9-7-17-35(42)36-18-8-10-23-43(36)55/h1-27,29-30,46H,28H2. The molecule has 4 heterocycles. The number of rotatable bonds is 5. The predicted octanol–water partition coefficient (Wildman–Crippen LogP) is 13.2. The average Bonchev–Trinajstić information content (AvgIpc) is 3.96. The summed E-state index contributed by atoms with van der Waals surface area (Å²) in [6.45, 7) is 0. The van der Waals surface area contributed by atoms with Gasteiger partial charge in [0.15, 0.2) is 17.5 Å². The van der Waals surface area contributed by atoms with E-state index in [2.05, 4.69) is 114 Å². The molecule has 57 heavy (non-hydrogen) atoms. The lowest BCUT2D eigenvalue weighted by Crippen LogP contribution is -2.03. The van der Waals surface area contributed by atoms with Crippen LogP contribution in [-0.2, 0) is 0 Å². The lowest BCUT2D eigenvalue weighted by molar-refractivity contribution is 0.669. The molecule has 2 aliphatic rings. The summed E-state index contributed by atoms with van der Waals surface area (Å²) in [5.74, 6) is 1.83. The third-order valence-corrected chi connectivity index (χ3v) is 12.8. The molecule has 268 valence electrons. The van der Waals surface area contributed by atoms with Crippen LogP contribution >= 0.6 is 11.8 Å². The Balaban J connectivity index is 0.943. The molecule has 6 heteroatoms. The van der Waals surface area contributed by atoms with Gasteiger partial charge in [0, 0.05) is 42.8 Å². The number of fused-ring (bicyclic) bond motifs is 9. The predicted molar refractivity (Wildman–Crippen MR) is 234 cm³/mol. The Labute approximate surface area is 332 Å². The maximum Gasteiger partial charge on any atom is 0.167 e. The Morgan fingerprint density at radius 2 is 1.14 bits per heavy atom. The van der Waals surface area contributed by atoms with Crippen LogP contribution in [0.3, 0.4) is 0 Å². The van der Waals surface area contributed by atoms with Gasteiger partial charge in [-0.3, -0.25) is 0 Å². The van der Waals surface area contributed by atoms with Crippen molar-refractivity contribution < 1.29 is 4.42 Å². The lowest BCUT2D eigenvalue weighted by Gasteiger charge is -2.17. The van der Waals surface area contributed by atoms with Crippen LogP contribution in [-0.4, -0.2) is 24.8 Å². The Bertz CT molecular complexity index is 3190. The Hall–Kier alpha value is -7.02. The molecule has 5 nitrogen and oxygen atoms in total. The molecule has 0 amide bonds. The molecular weight excluding hydrogens is 717 g/mol. The van der Waals surface area contributed by atoms with Gasteiger partial charge in [-0.2, -0.15) is 0 Å². The van der Waals surface area contributed by atoms with Gasteiger partial charge in [0.1, 0.15) is 11.2 Å². The van der Waals surface area contributed by atoms with Crippen LogP contribution in [0.4, 0.5) is 0 Å². The first-order chi connectivity index (χ1) is 28.2. The highest BCUT2D eigenvalue weighted by molar-refractivity contribution is 8.01. The van der Waals surface area contributed by atoms with Gasteiger partial charge in [0.2, 0.25) is 0 Å². The SMILES string of the molecule is C1=C(c2ccc3c(c2)oc2c(-c4nc(-c5ccccc5)nc(-c5ccccc5)n4)cccc23)C=C2c3cccc(-n4c5ccccc5c5ccccc54)c3SC2C1. The summed E-state index contributed by atoms with van der Waals surface area (Å²) < 4.78 is 9.23. The van der Waals surface area contributed by atoms with Crippen molar-refractivity contribution >= 4 is 66.7 Å². The van der Waals surface area contributed by atoms with Crippen molar-refractivity contribution in [3.05, 3.63) is 187 Å². The zero-order valence-corrected chi connectivity index (χ0v) is 31.4. The second-order valence-electron chi connectivity index (χ2n) is 14.7. The van der Waals surface area contributed by atoms with Crippen molar-refractivity contribution in [1.82, 2.24) is 19.5 Å². The fourth-order valence-corrected chi connectivity index (χ4v) is 10.1. The summed E-state index contributed by atoms with van der Waals surface area (Å²) in [6.07, 6.45) is 5.75. The van der Waals surface area contributed by atoms with Gasteiger partial charge in [-0.15, -0.1) is 11.8 Å². The zero-order chi connectivity index (χ0) is 37.5. The van der Waals surface area contributed by atoms with Crippen molar-refractivity contribution in [3.8, 4) is 39.9 Å². The normalized spacial score (nSPS) is 14.9. The van der Waals surface area contributed by atoms with Gasteiger partial charge >= 0.3 is 0 Å². The monoisotopic (exact) mass is 748 g/mol. The highest BCUT2D eigenvalue weighted by atomic mass is 32.2. The van der Waals surface area contributed by atoms with E-state index in [1.807, 2.05) is 78.5 Å². The minimum Gasteiger partial charge on any atom is -0.455 e. The summed E-state index contributed by atoms with van der Waals surface area (Å²) in [4.78, 5) is 16.3. The summed E-state index contributed by atoms with van der Waals surface area (Å²) in [7, 11) is 0. The van der Waals surface area contributed by atoms with E-state index in [1.165, 1.54) is 49.1 Å². The van der Waals surface area contributed by atoms with Gasteiger partial charge in [-0.1, -0.05) is 133 Å². The second kappa shape index (κ2) is 12.8. The molecule has 0 saturated carbocycles. The molecule has 1 unspecified atom stereocenters. The topological polar surface area (TPSA) is 56.7 Å². The van der Waals surface area contributed by atoms with Crippen LogP contribution in [0.15, 0.2) is 185 Å². The van der Waals surface area contributed by atoms with Crippen molar-refractivity contribution in [2.75, 3.05) is 0 Å². The summed E-state index contributed by atoms with van der Waals surface area (Å²) >= 11 is 1.99. The molecule has 3 aromatic heterocycles. The quantitative estimate of drug-likeness (QED) is 0.175. The van der Waals surface area contributed by atoms with Crippen LogP contribution in [0.25, 0.3) is 94.7 Å². The van der Waals surface area contributed by atoms with E-state index in [-0.39, 0.29) is 0 Å². The Morgan fingerprint density at radius 1 is 0.526 bits per heavy atom. The number of hydrogen-bond donors (Lipinski definition) is 0. The number of allylic oxidation sites excluding steroid dienone is 3. The number of furan rings is 1. The van der Waals surface area contributed by atoms with Crippen LogP contribution < -0.4 is 0 Å². The number of aromatic nitrogens is 4. The van der Waals surface area contributed by atoms with E-state index in [9.17, 15) is 0 Å². The molecular formula is C51H32N4OS. The van der Waals surface area contributed by atoms with E-state index in [0.29, 0.717) is 22.7 Å². The molecule has 1 atom stereocenters. The fourth-order valence-electron chi connectivity index (χ4n) is 8.70. The maximum absolute atomic E-state index is 6.78. The first-order valence-electron chi connectivity index (χ1n) is 19.3. The molecule has 0 spiro atoms. The summed E-state index contributed by atoms with van der Waals surface area (Å²) in [5, 5.41) is 5.04. The van der Waals surface area contributed by atoms with Gasteiger partial charge < -0.3 is 8.98 Å². The van der Waals surface area contributed by atoms with E-state index in [0.717, 1.165) is 50.6 Å². The molecule has 7 aromatic carbocycles. The van der Waals surface area contributed by atoms with Gasteiger partial charge in [0.05, 0.1) is 22.3 Å². The number of hydrogen-bond acceptors (Lipinski definition) is 5. The minimum atomic E-state index is 0.373. The number of benzene rings is 7. The zero-order valence-electron chi connectivity index (χ0n) is 30.6. The lowest BCUT2D eigenvalue weighted by atomic mass is 9.90. The molecule has 0 saturated heterocycles. The van der Waals surface area contributed by atoms with Crippen molar-refractivity contribution in [1.29, 1.82) is 0 Å². The van der Waals surface area contributed by atoms with Crippen LogP contribution in [0, 0.1) is 0 Å². The van der Waals surface area contributed by atoms with Crippen LogP contribution in [0.1, 0.15) is 17.5 Å². The Kier molecular flexibility index (Phi) is 7.22. The molecule has 0 bridgehead atoms. The van der Waals surface area contributed by atoms with Gasteiger partial charge in [-0.05, 0) is 71.2 Å². The largest absolute Gasteiger partial charge is 0.455 e. The second-order valence-corrected chi connectivity index (χ2v) is 15.9. The first kappa shape index (κ1) is 32.2. The maximum atomic E-state index is 6.78. The molecule has 0 N–H and O–H groups in total. The first-order valence-corrected chi connectivity index (χ1v) is 20.2. The van der Waals surface area contributed by atoms with Crippen molar-refractivity contribution in [2.24, 2.45) is 0 Å². The van der Waals surface area contributed by atoms with Crippen molar-refractivity contribution in [3.63, 3.8) is 0 Å². The highest BCUT2D eigenvalue weighted by Gasteiger charge is 2.32. The number of thioether (sulfide) groups is 1. The highest BCUT2D eigenvalue weighted by Crippen LogP contribution is 2.52. The Morgan fingerprint density at radius 3 is 1.86 bits per heavy atom. The van der Waals surface area contributed by atoms with Gasteiger partial charge in [0.25, 0.3) is 0 Å². The molecule has 1 aliphatic carbocycles. The van der Waals surface area contributed by atoms with E-state index < -0.39 is 0 Å². The van der Waals surface area contributed by atoms with E-state index in [1.54, 1.807) is 0 Å². The summed E-state index contributed by atoms with van der Waals surface area (Å²) in [6, 6.07) is 57.3. The molecule has 10 aromatic rings. The molecule has 12 rings (SSSR count). The average molecular weight is 749 g/mol. The third-order valence-electron chi connectivity index (χ3n) is 11.4. The van der Waals surface area contributed by atoms with Crippen molar-refractivity contribution in [2.45, 2.75) is 16.6 Å². The van der Waals surface area contributed by atoms with E-state index >= 15 is 0 Å².